The predicted octanol–water partition coefficient (Wildman–Crippen LogP) is 2.86. The van der Waals surface area contributed by atoms with Gasteiger partial charge in [0, 0.05) is 43.6 Å². The molecule has 0 amide bonds. The first-order valence-electron chi connectivity index (χ1n) is 8.55. The van der Waals surface area contributed by atoms with Gasteiger partial charge in [-0.2, -0.15) is 10.4 Å². The van der Waals surface area contributed by atoms with Crippen molar-refractivity contribution in [3.8, 4) is 17.3 Å². The Balaban J connectivity index is 1.74. The zero-order valence-electron chi connectivity index (χ0n) is 14.3. The zero-order valence-corrected chi connectivity index (χ0v) is 14.3. The van der Waals surface area contributed by atoms with Crippen molar-refractivity contribution in [1.82, 2.24) is 15.1 Å². The lowest BCUT2D eigenvalue weighted by atomic mass is 9.96. The summed E-state index contributed by atoms with van der Waals surface area (Å²) in [6.07, 6.45) is 4.31. The summed E-state index contributed by atoms with van der Waals surface area (Å²) >= 11 is 0. The lowest BCUT2D eigenvalue weighted by Gasteiger charge is -2.22. The van der Waals surface area contributed by atoms with Crippen LogP contribution in [0.3, 0.4) is 0 Å². The van der Waals surface area contributed by atoms with Gasteiger partial charge in [-0.1, -0.05) is 19.1 Å². The van der Waals surface area contributed by atoms with Gasteiger partial charge in [-0.25, -0.2) is 0 Å². The fourth-order valence-corrected chi connectivity index (χ4v) is 3.37. The van der Waals surface area contributed by atoms with Crippen LogP contribution in [0.25, 0.3) is 11.3 Å². The molecule has 126 valence electrons. The van der Waals surface area contributed by atoms with E-state index in [1.807, 2.05) is 36.0 Å². The van der Waals surface area contributed by atoms with E-state index in [4.69, 9.17) is 10.00 Å². The first-order valence-corrected chi connectivity index (χ1v) is 8.55. The molecule has 0 spiro atoms. The van der Waals surface area contributed by atoms with Gasteiger partial charge in [0.25, 0.3) is 0 Å². The quantitative estimate of drug-likeness (QED) is 0.887. The van der Waals surface area contributed by atoms with Crippen molar-refractivity contribution >= 4 is 0 Å². The van der Waals surface area contributed by atoms with E-state index in [0.29, 0.717) is 17.5 Å². The number of hydrogen-bond acceptors (Lipinski definition) is 4. The maximum atomic E-state index is 8.94. The monoisotopic (exact) mass is 324 g/mol. The molecule has 0 aliphatic carbocycles. The number of nitrogens with zero attached hydrogens (tertiary/aromatic N) is 3. The van der Waals surface area contributed by atoms with E-state index in [0.717, 1.165) is 43.9 Å². The molecule has 1 fully saturated rings. The number of nitriles is 1. The summed E-state index contributed by atoms with van der Waals surface area (Å²) in [5, 5.41) is 17.2. The molecule has 5 heteroatoms. The molecule has 1 aromatic carbocycles. The topological polar surface area (TPSA) is 62.9 Å². The first-order chi connectivity index (χ1) is 11.7. The Labute approximate surface area is 143 Å². The Morgan fingerprint density at radius 1 is 1.42 bits per heavy atom. The van der Waals surface area contributed by atoms with Crippen LogP contribution in [-0.4, -0.2) is 29.0 Å². The maximum absolute atomic E-state index is 8.94. The van der Waals surface area contributed by atoms with E-state index in [9.17, 15) is 0 Å². The van der Waals surface area contributed by atoms with Crippen LogP contribution >= 0.6 is 0 Å². The van der Waals surface area contributed by atoms with Crippen LogP contribution in [0.2, 0.25) is 0 Å². The number of ether oxygens (including phenoxy) is 1. The van der Waals surface area contributed by atoms with Crippen LogP contribution in [0.5, 0.6) is 0 Å². The molecule has 1 aliphatic heterocycles. The third-order valence-electron chi connectivity index (χ3n) is 4.72. The van der Waals surface area contributed by atoms with Crippen molar-refractivity contribution in [1.29, 1.82) is 5.26 Å². The lowest BCUT2D eigenvalue weighted by Crippen LogP contribution is -2.35. The Morgan fingerprint density at radius 3 is 2.83 bits per heavy atom. The van der Waals surface area contributed by atoms with E-state index in [2.05, 4.69) is 29.6 Å². The smallest absolute Gasteiger partial charge is 0.0991 e. The van der Waals surface area contributed by atoms with Gasteiger partial charge in [-0.05, 0) is 30.9 Å². The third kappa shape index (κ3) is 3.66. The number of hydrogen-bond donors (Lipinski definition) is 1. The second-order valence-electron chi connectivity index (χ2n) is 6.39. The lowest BCUT2D eigenvalue weighted by molar-refractivity contribution is 0.175. The van der Waals surface area contributed by atoms with Gasteiger partial charge >= 0.3 is 0 Å². The molecule has 0 unspecified atom stereocenters. The zero-order chi connectivity index (χ0) is 16.9. The molecule has 1 saturated heterocycles. The molecule has 1 N–H and O–H groups in total. The van der Waals surface area contributed by atoms with Crippen LogP contribution in [0.15, 0.2) is 30.5 Å². The summed E-state index contributed by atoms with van der Waals surface area (Å²) in [4.78, 5) is 0. The molecule has 1 aliphatic rings. The molecule has 5 nitrogen and oxygen atoms in total. The van der Waals surface area contributed by atoms with Gasteiger partial charge < -0.3 is 10.1 Å². The highest BCUT2D eigenvalue weighted by Crippen LogP contribution is 2.24. The number of rotatable bonds is 6. The maximum Gasteiger partial charge on any atom is 0.0991 e. The van der Waals surface area contributed by atoms with Crippen molar-refractivity contribution in [2.75, 3.05) is 13.2 Å². The number of aromatic nitrogens is 2. The predicted molar refractivity (Wildman–Crippen MR) is 93.2 cm³/mol. The largest absolute Gasteiger partial charge is 0.381 e. The average molecular weight is 324 g/mol. The van der Waals surface area contributed by atoms with Crippen molar-refractivity contribution in [3.63, 3.8) is 0 Å². The second-order valence-corrected chi connectivity index (χ2v) is 6.39. The summed E-state index contributed by atoms with van der Waals surface area (Å²) in [5.74, 6) is 0.602. The molecule has 3 rings (SSSR count). The van der Waals surface area contributed by atoms with Gasteiger partial charge in [0.2, 0.25) is 0 Å². The van der Waals surface area contributed by atoms with E-state index < -0.39 is 0 Å². The molecule has 2 aromatic rings. The minimum atomic E-state index is 0.474. The molecular formula is C19H24N4O. The van der Waals surface area contributed by atoms with Gasteiger partial charge in [0.05, 0.1) is 23.9 Å². The van der Waals surface area contributed by atoms with Crippen LogP contribution in [0.1, 0.15) is 30.9 Å². The van der Waals surface area contributed by atoms with Crippen LogP contribution in [-0.2, 0) is 18.3 Å². The molecule has 2 heterocycles. The Hall–Kier alpha value is -2.16. The highest BCUT2D eigenvalue weighted by molar-refractivity contribution is 5.63. The van der Waals surface area contributed by atoms with Crippen molar-refractivity contribution < 1.29 is 4.74 Å². The minimum absolute atomic E-state index is 0.474. The minimum Gasteiger partial charge on any atom is -0.381 e. The molecule has 2 atom stereocenters. The van der Waals surface area contributed by atoms with Crippen molar-refractivity contribution in [2.24, 2.45) is 13.0 Å². The van der Waals surface area contributed by atoms with Crippen LogP contribution in [0.4, 0.5) is 0 Å². The van der Waals surface area contributed by atoms with Gasteiger partial charge in [-0.3, -0.25) is 4.68 Å². The van der Waals surface area contributed by atoms with Crippen molar-refractivity contribution in [3.05, 3.63) is 41.6 Å². The molecule has 0 radical (unpaired) electrons. The average Bonchev–Trinajstić information content (AvgIpc) is 3.26. The summed E-state index contributed by atoms with van der Waals surface area (Å²) in [5.41, 5.74) is 3.87. The van der Waals surface area contributed by atoms with Crippen molar-refractivity contribution in [2.45, 2.75) is 32.4 Å². The molecular weight excluding hydrogens is 300 g/mol. The van der Waals surface area contributed by atoms with E-state index in [-0.39, 0.29) is 0 Å². The summed E-state index contributed by atoms with van der Waals surface area (Å²) < 4.78 is 7.38. The highest BCUT2D eigenvalue weighted by Gasteiger charge is 2.24. The van der Waals surface area contributed by atoms with Gasteiger partial charge in [0.1, 0.15) is 0 Å². The SMILES string of the molecule is CC[C@H](NCc1cn(C)nc1-c1ccc(C#N)cc1)[C@@H]1CCOC1. The first kappa shape index (κ1) is 16.7. The fraction of sp³-hybridized carbons (Fsp3) is 0.474. The highest BCUT2D eigenvalue weighted by atomic mass is 16.5. The number of nitrogens with one attached hydrogen (secondary N) is 1. The summed E-state index contributed by atoms with van der Waals surface area (Å²) in [7, 11) is 1.94. The summed E-state index contributed by atoms with van der Waals surface area (Å²) in [6, 6.07) is 10.2. The van der Waals surface area contributed by atoms with E-state index in [1.54, 1.807) is 0 Å². The summed E-state index contributed by atoms with van der Waals surface area (Å²) in [6.45, 7) is 4.76. The molecule has 0 bridgehead atoms. The Morgan fingerprint density at radius 2 is 2.21 bits per heavy atom. The standard InChI is InChI=1S/C19H24N4O/c1-3-18(16-8-9-24-13-16)21-11-17-12-23(2)22-19(17)15-6-4-14(10-20)5-7-15/h4-7,12,16,18,21H,3,8-9,11,13H2,1-2H3/t16-,18+/m1/s1. The fourth-order valence-electron chi connectivity index (χ4n) is 3.37. The van der Waals surface area contributed by atoms with Gasteiger partial charge in [-0.15, -0.1) is 0 Å². The van der Waals surface area contributed by atoms with E-state index >= 15 is 0 Å². The normalized spacial score (nSPS) is 18.5. The molecule has 24 heavy (non-hydrogen) atoms. The third-order valence-corrected chi connectivity index (χ3v) is 4.72. The van der Waals surface area contributed by atoms with E-state index in [1.165, 1.54) is 5.56 Å². The molecule has 1 aromatic heterocycles. The number of benzene rings is 1. The second kappa shape index (κ2) is 7.61. The molecule has 0 saturated carbocycles. The number of aryl methyl sites for hydroxylation is 1. The van der Waals surface area contributed by atoms with Crippen LogP contribution in [0, 0.1) is 17.2 Å². The van der Waals surface area contributed by atoms with Crippen LogP contribution < -0.4 is 5.32 Å². The van der Waals surface area contributed by atoms with Gasteiger partial charge in [0.15, 0.2) is 0 Å². The Bertz CT molecular complexity index is 708. The Kier molecular flexibility index (Phi) is 5.29.